The van der Waals surface area contributed by atoms with Gasteiger partial charge in [0.2, 0.25) is 0 Å². The van der Waals surface area contributed by atoms with E-state index in [2.05, 4.69) is 45.7 Å². The predicted octanol–water partition coefficient (Wildman–Crippen LogP) is 4.75. The van der Waals surface area contributed by atoms with Crippen LogP contribution in [0.25, 0.3) is 0 Å². The van der Waals surface area contributed by atoms with Gasteiger partial charge in [-0.2, -0.15) is 0 Å². The molecule has 0 aromatic carbocycles. The minimum absolute atomic E-state index is 0.442. The average Bonchev–Trinajstić information content (AvgIpc) is 2.13. The monoisotopic (exact) mass is 334 g/mol. The van der Waals surface area contributed by atoms with E-state index in [9.17, 15) is 0 Å². The average molecular weight is 336 g/mol. The zero-order valence-corrected chi connectivity index (χ0v) is 12.8. The van der Waals surface area contributed by atoms with E-state index in [0.717, 1.165) is 11.8 Å². The molecule has 4 fully saturated rings. The van der Waals surface area contributed by atoms with Crippen LogP contribution < -0.4 is 0 Å². The second-order valence-electron chi connectivity index (χ2n) is 6.79. The molecule has 0 aromatic heterocycles. The van der Waals surface area contributed by atoms with Crippen LogP contribution >= 0.6 is 31.9 Å². The maximum Gasteiger partial charge on any atom is 0.0319 e. The molecule has 0 heterocycles. The van der Waals surface area contributed by atoms with Gasteiger partial charge in [-0.25, -0.2) is 0 Å². The fourth-order valence-electron chi connectivity index (χ4n) is 4.91. The number of hydrogen-bond acceptors (Lipinski definition) is 0. The van der Waals surface area contributed by atoms with Gasteiger partial charge in [0.05, 0.1) is 0 Å². The molecule has 4 rings (SSSR count). The lowest BCUT2D eigenvalue weighted by Gasteiger charge is -2.69. The molecule has 0 saturated heterocycles. The van der Waals surface area contributed by atoms with Crippen molar-refractivity contribution in [1.29, 1.82) is 0 Å². The van der Waals surface area contributed by atoms with Crippen LogP contribution in [-0.2, 0) is 0 Å². The van der Waals surface area contributed by atoms with E-state index in [1.807, 2.05) is 0 Å². The molecule has 4 aliphatic carbocycles. The molecule has 4 atom stereocenters. The molecule has 0 aliphatic heterocycles. The fraction of sp³-hybridized carbons (Fsp3) is 1.00. The van der Waals surface area contributed by atoms with E-state index in [0.29, 0.717) is 15.2 Å². The maximum atomic E-state index is 4.13. The third kappa shape index (κ3) is 1.19. The zero-order valence-electron chi connectivity index (χ0n) is 9.65. The Kier molecular flexibility index (Phi) is 2.25. The van der Waals surface area contributed by atoms with Crippen molar-refractivity contribution in [1.82, 2.24) is 0 Å². The lowest BCUT2D eigenvalue weighted by Crippen LogP contribution is -2.65. The first-order chi connectivity index (χ1) is 6.92. The van der Waals surface area contributed by atoms with Crippen molar-refractivity contribution in [2.45, 2.75) is 50.3 Å². The summed E-state index contributed by atoms with van der Waals surface area (Å²) in [5, 5.41) is 1.20. The molecule has 0 N–H and O–H groups in total. The molecule has 4 bridgehead atoms. The number of alkyl halides is 2. The summed E-state index contributed by atoms with van der Waals surface area (Å²) < 4.78 is 0.442. The Hall–Kier alpha value is 0.960. The summed E-state index contributed by atoms with van der Waals surface area (Å²) in [6.45, 7) is 5.00. The van der Waals surface area contributed by atoms with Crippen LogP contribution in [0, 0.1) is 22.7 Å². The molecule has 2 heteroatoms. The van der Waals surface area contributed by atoms with Crippen molar-refractivity contribution in [3.8, 4) is 0 Å². The molecular formula is C13H20Br2. The fourth-order valence-corrected chi connectivity index (χ4v) is 7.40. The first-order valence-corrected chi connectivity index (χ1v) is 8.09. The highest BCUT2D eigenvalue weighted by Crippen LogP contribution is 2.72. The standard InChI is InChI=1S/C13H20Br2/c1-11(2)12(8-14)4-9-3-10(5-12)7-13(11,15)6-9/h9-10H,3-8H2,1-2H3/t9-,10+,12?,13?. The molecule has 15 heavy (non-hydrogen) atoms. The Bertz CT molecular complexity index is 281. The van der Waals surface area contributed by atoms with Gasteiger partial charge >= 0.3 is 0 Å². The highest BCUT2D eigenvalue weighted by molar-refractivity contribution is 9.10. The van der Waals surface area contributed by atoms with Crippen LogP contribution in [0.5, 0.6) is 0 Å². The summed E-state index contributed by atoms with van der Waals surface area (Å²) in [6, 6.07) is 0. The van der Waals surface area contributed by atoms with Gasteiger partial charge in [0.25, 0.3) is 0 Å². The van der Waals surface area contributed by atoms with Gasteiger partial charge in [0, 0.05) is 9.65 Å². The van der Waals surface area contributed by atoms with Crippen LogP contribution in [-0.4, -0.2) is 9.65 Å². The lowest BCUT2D eigenvalue weighted by molar-refractivity contribution is -0.125. The smallest absolute Gasteiger partial charge is 0.0319 e. The molecule has 86 valence electrons. The van der Waals surface area contributed by atoms with Gasteiger partial charge in [-0.1, -0.05) is 45.7 Å². The van der Waals surface area contributed by atoms with Crippen molar-refractivity contribution in [3.05, 3.63) is 0 Å². The molecular weight excluding hydrogens is 316 g/mol. The van der Waals surface area contributed by atoms with Crippen LogP contribution in [0.15, 0.2) is 0 Å². The Labute approximate surface area is 110 Å². The number of rotatable bonds is 1. The summed E-state index contributed by atoms with van der Waals surface area (Å²) in [5.74, 6) is 2.00. The van der Waals surface area contributed by atoms with E-state index in [4.69, 9.17) is 0 Å². The van der Waals surface area contributed by atoms with Crippen molar-refractivity contribution >= 4 is 31.9 Å². The summed E-state index contributed by atoms with van der Waals surface area (Å²) >= 11 is 7.95. The Morgan fingerprint density at radius 1 is 1.07 bits per heavy atom. The molecule has 0 radical (unpaired) electrons. The summed E-state index contributed by atoms with van der Waals surface area (Å²) in [4.78, 5) is 0. The highest BCUT2D eigenvalue weighted by Gasteiger charge is 2.66. The molecule has 0 nitrogen and oxygen atoms in total. The van der Waals surface area contributed by atoms with Crippen molar-refractivity contribution in [2.24, 2.45) is 22.7 Å². The van der Waals surface area contributed by atoms with E-state index in [-0.39, 0.29) is 0 Å². The number of hydrogen-bond donors (Lipinski definition) is 0. The van der Waals surface area contributed by atoms with Crippen molar-refractivity contribution < 1.29 is 0 Å². The maximum absolute atomic E-state index is 4.13. The third-order valence-electron chi connectivity index (χ3n) is 5.95. The summed E-state index contributed by atoms with van der Waals surface area (Å²) in [5.41, 5.74) is 1.03. The molecule has 2 unspecified atom stereocenters. The minimum Gasteiger partial charge on any atom is -0.0922 e. The van der Waals surface area contributed by atoms with E-state index >= 15 is 0 Å². The van der Waals surface area contributed by atoms with Crippen molar-refractivity contribution in [2.75, 3.05) is 5.33 Å². The Morgan fingerprint density at radius 2 is 1.60 bits per heavy atom. The zero-order chi connectivity index (χ0) is 10.9. The van der Waals surface area contributed by atoms with Gasteiger partial charge in [0.1, 0.15) is 0 Å². The first kappa shape index (κ1) is 11.1. The Morgan fingerprint density at radius 3 is 2.07 bits per heavy atom. The Balaban J connectivity index is 2.09. The minimum atomic E-state index is 0.442. The van der Waals surface area contributed by atoms with Crippen molar-refractivity contribution in [3.63, 3.8) is 0 Å². The highest BCUT2D eigenvalue weighted by atomic mass is 79.9. The van der Waals surface area contributed by atoms with Gasteiger partial charge in [-0.3, -0.25) is 0 Å². The normalized spacial score (nSPS) is 56.0. The quantitative estimate of drug-likeness (QED) is 0.606. The van der Waals surface area contributed by atoms with Crippen LogP contribution in [0.1, 0.15) is 46.0 Å². The van der Waals surface area contributed by atoms with Crippen LogP contribution in [0.2, 0.25) is 0 Å². The molecule has 4 aliphatic rings. The van der Waals surface area contributed by atoms with Gasteiger partial charge in [0.15, 0.2) is 0 Å². The summed E-state index contributed by atoms with van der Waals surface area (Å²) in [6.07, 6.45) is 7.29. The van der Waals surface area contributed by atoms with Crippen LogP contribution in [0.3, 0.4) is 0 Å². The van der Waals surface area contributed by atoms with Gasteiger partial charge < -0.3 is 0 Å². The van der Waals surface area contributed by atoms with Gasteiger partial charge in [-0.05, 0) is 54.8 Å². The second-order valence-corrected chi connectivity index (χ2v) is 8.87. The molecule has 0 aromatic rings. The molecule has 4 saturated carbocycles. The van der Waals surface area contributed by atoms with E-state index in [1.54, 1.807) is 0 Å². The summed E-state index contributed by atoms with van der Waals surface area (Å²) in [7, 11) is 0. The van der Waals surface area contributed by atoms with Gasteiger partial charge in [-0.15, -0.1) is 0 Å². The predicted molar refractivity (Wildman–Crippen MR) is 71.7 cm³/mol. The largest absolute Gasteiger partial charge is 0.0922 e. The third-order valence-corrected chi connectivity index (χ3v) is 8.66. The first-order valence-electron chi connectivity index (χ1n) is 6.17. The SMILES string of the molecule is CC1(C)C2(Br)C[C@H]3C[C@@H](C2)CC1(CBr)C3. The molecule has 0 amide bonds. The number of halogens is 2. The van der Waals surface area contributed by atoms with Crippen LogP contribution in [0.4, 0.5) is 0 Å². The van der Waals surface area contributed by atoms with E-state index < -0.39 is 0 Å². The topological polar surface area (TPSA) is 0 Å². The lowest BCUT2D eigenvalue weighted by atomic mass is 9.40. The van der Waals surface area contributed by atoms with E-state index in [1.165, 1.54) is 37.4 Å². The second kappa shape index (κ2) is 3.04. The molecule has 0 spiro atoms.